The van der Waals surface area contributed by atoms with E-state index in [1.54, 1.807) is 0 Å². The molecule has 1 saturated heterocycles. The number of carbonyl (C=O) groups is 4. The molecule has 0 aromatic heterocycles. The average Bonchev–Trinajstić information content (AvgIpc) is 3.34. The smallest absolute Gasteiger partial charge is 0.408 e. The molecule has 0 saturated carbocycles. The van der Waals surface area contributed by atoms with Gasteiger partial charge in [0.2, 0.25) is 11.8 Å². The van der Waals surface area contributed by atoms with Gasteiger partial charge in [0, 0.05) is 13.1 Å². The Hall–Kier alpha value is -4.12. The van der Waals surface area contributed by atoms with Gasteiger partial charge in [-0.15, -0.1) is 0 Å². The van der Waals surface area contributed by atoms with Crippen molar-refractivity contribution in [3.8, 4) is 0 Å². The van der Waals surface area contributed by atoms with Gasteiger partial charge in [-0.25, -0.2) is 9.59 Å². The van der Waals surface area contributed by atoms with Gasteiger partial charge in [0.1, 0.15) is 25.3 Å². The number of likely N-dealkylation sites (tertiary alicyclic amines) is 1. The zero-order chi connectivity index (χ0) is 31.4. The molecule has 0 aliphatic carbocycles. The number of hydrogen-bond acceptors (Lipinski definition) is 7. The van der Waals surface area contributed by atoms with Crippen LogP contribution in [0.5, 0.6) is 0 Å². The lowest BCUT2D eigenvalue weighted by Crippen LogP contribution is -2.53. The minimum Gasteiger partial charge on any atom is -0.445 e. The summed E-state index contributed by atoms with van der Waals surface area (Å²) in [5.41, 5.74) is 1.64. The van der Waals surface area contributed by atoms with E-state index < -0.39 is 42.3 Å². The molecule has 1 aliphatic rings. The molecule has 2 unspecified atom stereocenters. The molecular formula is C32H44N4O7. The van der Waals surface area contributed by atoms with Crippen LogP contribution in [-0.2, 0) is 32.3 Å². The van der Waals surface area contributed by atoms with Gasteiger partial charge < -0.3 is 35.4 Å². The van der Waals surface area contributed by atoms with Crippen molar-refractivity contribution in [2.24, 2.45) is 11.8 Å². The molecule has 11 heteroatoms. The number of alkyl carbamates (subject to hydrolysis) is 2. The van der Waals surface area contributed by atoms with Gasteiger partial charge in [-0.05, 0) is 35.8 Å². The van der Waals surface area contributed by atoms with Crippen LogP contribution in [0.1, 0.15) is 51.7 Å². The number of β-amino-alcohol motifs (C(OH)–C–C–N with tert-alkyl or cyclic N) is 1. The van der Waals surface area contributed by atoms with E-state index in [4.69, 9.17) is 9.47 Å². The van der Waals surface area contributed by atoms with Gasteiger partial charge in [0.15, 0.2) is 0 Å². The SMILES string of the molecule is CC(C)C[C@H](NC(=O)OCc1ccccc1)C(=O)NC1CN(C(=O)[C@@H](CC(C)C)NC(=O)OCc2ccccc2)CC1O. The van der Waals surface area contributed by atoms with Crippen molar-refractivity contribution in [2.75, 3.05) is 13.1 Å². The lowest BCUT2D eigenvalue weighted by molar-refractivity contribution is -0.133. The van der Waals surface area contributed by atoms with Gasteiger partial charge in [-0.2, -0.15) is 0 Å². The lowest BCUT2D eigenvalue weighted by Gasteiger charge is -2.26. The van der Waals surface area contributed by atoms with E-state index in [9.17, 15) is 24.3 Å². The zero-order valence-electron chi connectivity index (χ0n) is 25.3. The fourth-order valence-electron chi connectivity index (χ4n) is 4.82. The Morgan fingerprint density at radius 2 is 1.23 bits per heavy atom. The Kier molecular flexibility index (Phi) is 12.8. The molecule has 1 fully saturated rings. The van der Waals surface area contributed by atoms with Crippen molar-refractivity contribution >= 4 is 24.0 Å². The Morgan fingerprint density at radius 3 is 1.72 bits per heavy atom. The third-order valence-electron chi connectivity index (χ3n) is 6.97. The topological polar surface area (TPSA) is 146 Å². The normalized spacial score (nSPS) is 17.7. The molecular weight excluding hydrogens is 552 g/mol. The van der Waals surface area contributed by atoms with Crippen LogP contribution in [0.4, 0.5) is 9.59 Å². The Bertz CT molecular complexity index is 1190. The quantitative estimate of drug-likeness (QED) is 0.277. The van der Waals surface area contributed by atoms with Crippen molar-refractivity contribution in [3.63, 3.8) is 0 Å². The molecule has 0 radical (unpaired) electrons. The lowest BCUT2D eigenvalue weighted by atomic mass is 10.0. The van der Waals surface area contributed by atoms with E-state index in [1.807, 2.05) is 88.4 Å². The van der Waals surface area contributed by atoms with Gasteiger partial charge in [-0.1, -0.05) is 88.4 Å². The maximum Gasteiger partial charge on any atom is 0.408 e. The second kappa shape index (κ2) is 16.5. The highest BCUT2D eigenvalue weighted by atomic mass is 16.6. The summed E-state index contributed by atoms with van der Waals surface area (Å²) in [5, 5.41) is 18.8. The first kappa shape index (κ1) is 33.4. The summed E-state index contributed by atoms with van der Waals surface area (Å²) in [7, 11) is 0. The number of hydrogen-bond donors (Lipinski definition) is 4. The molecule has 11 nitrogen and oxygen atoms in total. The maximum atomic E-state index is 13.4. The number of aliphatic hydroxyl groups is 1. The Labute approximate surface area is 253 Å². The number of aliphatic hydroxyl groups excluding tert-OH is 1. The maximum absolute atomic E-state index is 13.4. The van der Waals surface area contributed by atoms with Crippen molar-refractivity contribution < 1.29 is 33.8 Å². The van der Waals surface area contributed by atoms with Crippen LogP contribution in [0.25, 0.3) is 0 Å². The number of amides is 4. The van der Waals surface area contributed by atoms with Gasteiger partial charge >= 0.3 is 12.2 Å². The fraction of sp³-hybridized carbons (Fsp3) is 0.500. The molecule has 3 rings (SSSR count). The molecule has 234 valence electrons. The number of carbonyl (C=O) groups excluding carboxylic acids is 4. The third kappa shape index (κ3) is 11.2. The molecule has 4 atom stereocenters. The minimum atomic E-state index is -1.03. The average molecular weight is 597 g/mol. The molecule has 0 bridgehead atoms. The van der Waals surface area contributed by atoms with E-state index in [-0.39, 0.29) is 44.0 Å². The van der Waals surface area contributed by atoms with Crippen molar-refractivity contribution in [2.45, 2.75) is 78.0 Å². The number of benzene rings is 2. The summed E-state index contributed by atoms with van der Waals surface area (Å²) in [6, 6.07) is 15.9. The summed E-state index contributed by atoms with van der Waals surface area (Å²) in [4.78, 5) is 53.1. The first-order valence-corrected chi connectivity index (χ1v) is 14.7. The van der Waals surface area contributed by atoms with E-state index in [1.165, 1.54) is 4.90 Å². The summed E-state index contributed by atoms with van der Waals surface area (Å²) in [6.45, 7) is 7.89. The molecule has 4 amide bonds. The second-order valence-corrected chi connectivity index (χ2v) is 11.7. The molecule has 43 heavy (non-hydrogen) atoms. The monoisotopic (exact) mass is 596 g/mol. The molecule has 1 aliphatic heterocycles. The van der Waals surface area contributed by atoms with Crippen LogP contribution in [-0.4, -0.2) is 71.3 Å². The van der Waals surface area contributed by atoms with Crippen molar-refractivity contribution in [1.29, 1.82) is 0 Å². The van der Waals surface area contributed by atoms with Crippen LogP contribution in [0.15, 0.2) is 60.7 Å². The predicted molar refractivity (Wildman–Crippen MR) is 161 cm³/mol. The minimum absolute atomic E-state index is 0.0134. The van der Waals surface area contributed by atoms with Gasteiger partial charge in [0.25, 0.3) is 0 Å². The van der Waals surface area contributed by atoms with Gasteiger partial charge in [-0.3, -0.25) is 9.59 Å². The van der Waals surface area contributed by atoms with E-state index >= 15 is 0 Å². The van der Waals surface area contributed by atoms with E-state index in [2.05, 4.69) is 16.0 Å². The molecule has 1 heterocycles. The standard InChI is InChI=1S/C32H44N4O7/c1-21(2)15-25(34-31(40)42-19-23-11-7-5-8-12-23)29(38)33-27-17-36(18-28(27)37)30(39)26(16-22(3)4)35-32(41)43-20-24-13-9-6-10-14-24/h5-14,21-22,25-28,37H,15-20H2,1-4H3,(H,33,38)(H,34,40)(H,35,41)/t25-,26+,27?,28?/m0/s1. The highest BCUT2D eigenvalue weighted by Crippen LogP contribution is 2.16. The number of nitrogens with one attached hydrogen (secondary N) is 3. The predicted octanol–water partition coefficient (Wildman–Crippen LogP) is 3.36. The third-order valence-corrected chi connectivity index (χ3v) is 6.97. The zero-order valence-corrected chi connectivity index (χ0v) is 25.3. The van der Waals surface area contributed by atoms with Crippen molar-refractivity contribution in [3.05, 3.63) is 71.8 Å². The first-order chi connectivity index (χ1) is 20.5. The summed E-state index contributed by atoms with van der Waals surface area (Å²) >= 11 is 0. The second-order valence-electron chi connectivity index (χ2n) is 11.7. The highest BCUT2D eigenvalue weighted by molar-refractivity contribution is 5.87. The first-order valence-electron chi connectivity index (χ1n) is 14.7. The van der Waals surface area contributed by atoms with Crippen molar-refractivity contribution in [1.82, 2.24) is 20.9 Å². The Morgan fingerprint density at radius 1 is 0.767 bits per heavy atom. The van der Waals surface area contributed by atoms with Crippen LogP contribution in [0.2, 0.25) is 0 Å². The number of nitrogens with zero attached hydrogens (tertiary/aromatic N) is 1. The molecule has 0 spiro atoms. The summed E-state index contributed by atoms with van der Waals surface area (Å²) in [6.07, 6.45) is -1.75. The molecule has 2 aromatic carbocycles. The summed E-state index contributed by atoms with van der Waals surface area (Å²) < 4.78 is 10.6. The van der Waals surface area contributed by atoms with E-state index in [0.717, 1.165) is 11.1 Å². The molecule has 2 aromatic rings. The van der Waals surface area contributed by atoms with E-state index in [0.29, 0.717) is 12.8 Å². The number of rotatable bonds is 13. The Balaban J connectivity index is 1.56. The summed E-state index contributed by atoms with van der Waals surface area (Å²) in [5.74, 6) is -0.676. The van der Waals surface area contributed by atoms with Gasteiger partial charge in [0.05, 0.1) is 12.1 Å². The fourth-order valence-corrected chi connectivity index (χ4v) is 4.82. The highest BCUT2D eigenvalue weighted by Gasteiger charge is 2.39. The van der Waals surface area contributed by atoms with Crippen LogP contribution >= 0.6 is 0 Å². The van der Waals surface area contributed by atoms with Crippen LogP contribution < -0.4 is 16.0 Å². The van der Waals surface area contributed by atoms with Crippen LogP contribution in [0.3, 0.4) is 0 Å². The number of ether oxygens (including phenoxy) is 2. The largest absolute Gasteiger partial charge is 0.445 e. The van der Waals surface area contributed by atoms with Crippen LogP contribution in [0, 0.1) is 11.8 Å². The molecule has 4 N–H and O–H groups in total.